The van der Waals surface area contributed by atoms with Gasteiger partial charge in [-0.3, -0.25) is 9.59 Å². The van der Waals surface area contributed by atoms with Gasteiger partial charge < -0.3 is 16.0 Å². The van der Waals surface area contributed by atoms with Crippen LogP contribution in [0.4, 0.5) is 0 Å². The normalized spacial score (nSPS) is 25.0. The standard InChI is InChI=1S/C17H31N3O2.ClH/c1-4-12(2)16(22)20-9-5-6-13(10-20)15(21)19-17(3,11-18)14-7-8-14;/h12-14H,4-11,18H2,1-3H3,(H,19,21);1H. The SMILES string of the molecule is CCC(C)C(=O)N1CCCC(C(=O)NC(C)(CN)C2CC2)C1.Cl. The van der Waals surface area contributed by atoms with E-state index in [-0.39, 0.29) is 41.6 Å². The molecule has 0 aromatic heterocycles. The zero-order valence-electron chi connectivity index (χ0n) is 14.6. The highest BCUT2D eigenvalue weighted by Gasteiger charge is 2.43. The second-order valence-electron chi connectivity index (χ2n) is 7.32. The Morgan fingerprint density at radius 3 is 2.52 bits per heavy atom. The molecule has 2 aliphatic rings. The molecule has 3 N–H and O–H groups in total. The van der Waals surface area contributed by atoms with Gasteiger partial charge in [-0.1, -0.05) is 13.8 Å². The van der Waals surface area contributed by atoms with E-state index in [1.807, 2.05) is 25.7 Å². The Bertz CT molecular complexity index is 428. The van der Waals surface area contributed by atoms with Crippen LogP contribution in [0.15, 0.2) is 0 Å². The molecule has 2 rings (SSSR count). The fourth-order valence-electron chi connectivity index (χ4n) is 3.30. The minimum absolute atomic E-state index is 0. The van der Waals surface area contributed by atoms with E-state index in [0.717, 1.165) is 38.6 Å². The Morgan fingerprint density at radius 2 is 2.00 bits per heavy atom. The van der Waals surface area contributed by atoms with Crippen molar-refractivity contribution in [2.75, 3.05) is 19.6 Å². The number of likely N-dealkylation sites (tertiary alicyclic amines) is 1. The Balaban J connectivity index is 0.00000264. The summed E-state index contributed by atoms with van der Waals surface area (Å²) >= 11 is 0. The molecule has 1 saturated heterocycles. The molecular weight excluding hydrogens is 314 g/mol. The number of nitrogens with two attached hydrogens (primary N) is 1. The smallest absolute Gasteiger partial charge is 0.225 e. The first kappa shape index (κ1) is 20.2. The van der Waals surface area contributed by atoms with Crippen molar-refractivity contribution in [2.45, 2.75) is 58.4 Å². The average molecular weight is 346 g/mol. The second-order valence-corrected chi connectivity index (χ2v) is 7.32. The Morgan fingerprint density at radius 1 is 1.35 bits per heavy atom. The number of carbonyl (C=O) groups is 2. The van der Waals surface area contributed by atoms with E-state index < -0.39 is 0 Å². The number of amides is 2. The zero-order chi connectivity index (χ0) is 16.3. The Kier molecular flexibility index (Phi) is 7.33. The molecule has 2 fully saturated rings. The summed E-state index contributed by atoms with van der Waals surface area (Å²) in [4.78, 5) is 26.8. The molecule has 0 aromatic carbocycles. The predicted octanol–water partition coefficient (Wildman–Crippen LogP) is 1.94. The van der Waals surface area contributed by atoms with Gasteiger partial charge in [0.15, 0.2) is 0 Å². The topological polar surface area (TPSA) is 75.4 Å². The molecule has 1 aliphatic carbocycles. The van der Waals surface area contributed by atoms with E-state index in [2.05, 4.69) is 5.32 Å². The largest absolute Gasteiger partial charge is 0.349 e. The van der Waals surface area contributed by atoms with E-state index in [0.29, 0.717) is 19.0 Å². The molecule has 5 nitrogen and oxygen atoms in total. The number of hydrogen-bond acceptors (Lipinski definition) is 3. The summed E-state index contributed by atoms with van der Waals surface area (Å²) in [7, 11) is 0. The molecule has 6 heteroatoms. The van der Waals surface area contributed by atoms with E-state index >= 15 is 0 Å². The summed E-state index contributed by atoms with van der Waals surface area (Å²) in [5, 5.41) is 3.18. The van der Waals surface area contributed by atoms with Gasteiger partial charge in [-0.25, -0.2) is 0 Å². The van der Waals surface area contributed by atoms with Gasteiger partial charge in [0, 0.05) is 25.6 Å². The third-order valence-electron chi connectivity index (χ3n) is 5.45. The summed E-state index contributed by atoms with van der Waals surface area (Å²) in [6, 6.07) is 0. The minimum atomic E-state index is -0.278. The highest BCUT2D eigenvalue weighted by molar-refractivity contribution is 5.85. The van der Waals surface area contributed by atoms with Crippen LogP contribution in [0.2, 0.25) is 0 Å². The fraction of sp³-hybridized carbons (Fsp3) is 0.882. The second kappa shape index (κ2) is 8.34. The van der Waals surface area contributed by atoms with Crippen molar-refractivity contribution in [3.63, 3.8) is 0 Å². The molecule has 1 heterocycles. The van der Waals surface area contributed by atoms with Crippen molar-refractivity contribution in [1.82, 2.24) is 10.2 Å². The highest BCUT2D eigenvalue weighted by atomic mass is 35.5. The van der Waals surface area contributed by atoms with Gasteiger partial charge in [0.25, 0.3) is 0 Å². The first-order valence-corrected chi connectivity index (χ1v) is 8.72. The van der Waals surface area contributed by atoms with Crippen LogP contribution in [0, 0.1) is 17.8 Å². The van der Waals surface area contributed by atoms with Gasteiger partial charge >= 0.3 is 0 Å². The maximum atomic E-state index is 12.6. The lowest BCUT2D eigenvalue weighted by atomic mass is 9.91. The van der Waals surface area contributed by atoms with Crippen LogP contribution in [-0.4, -0.2) is 41.9 Å². The van der Waals surface area contributed by atoms with Crippen LogP contribution in [0.1, 0.15) is 52.9 Å². The maximum absolute atomic E-state index is 12.6. The number of carbonyl (C=O) groups excluding carboxylic acids is 2. The summed E-state index contributed by atoms with van der Waals surface area (Å²) in [5.74, 6) is 0.724. The molecule has 0 radical (unpaired) electrons. The van der Waals surface area contributed by atoms with Crippen molar-refractivity contribution in [1.29, 1.82) is 0 Å². The van der Waals surface area contributed by atoms with Crippen LogP contribution < -0.4 is 11.1 Å². The Hall–Kier alpha value is -0.810. The van der Waals surface area contributed by atoms with Gasteiger partial charge in [-0.05, 0) is 44.9 Å². The quantitative estimate of drug-likeness (QED) is 0.772. The van der Waals surface area contributed by atoms with Crippen LogP contribution in [0.3, 0.4) is 0 Å². The number of hydrogen-bond donors (Lipinski definition) is 2. The van der Waals surface area contributed by atoms with Gasteiger partial charge in [-0.2, -0.15) is 0 Å². The summed E-state index contributed by atoms with van der Waals surface area (Å²) in [6.45, 7) is 7.85. The zero-order valence-corrected chi connectivity index (χ0v) is 15.5. The van der Waals surface area contributed by atoms with Crippen molar-refractivity contribution in [2.24, 2.45) is 23.5 Å². The van der Waals surface area contributed by atoms with E-state index in [9.17, 15) is 9.59 Å². The van der Waals surface area contributed by atoms with Gasteiger partial charge in [-0.15, -0.1) is 12.4 Å². The van der Waals surface area contributed by atoms with E-state index in [4.69, 9.17) is 5.73 Å². The van der Waals surface area contributed by atoms with E-state index in [1.165, 1.54) is 0 Å². The lowest BCUT2D eigenvalue weighted by Gasteiger charge is -2.36. The van der Waals surface area contributed by atoms with Crippen molar-refractivity contribution < 1.29 is 9.59 Å². The summed E-state index contributed by atoms with van der Waals surface area (Å²) in [6.07, 6.45) is 4.91. The third-order valence-corrected chi connectivity index (χ3v) is 5.45. The first-order chi connectivity index (χ1) is 10.4. The third kappa shape index (κ3) is 4.83. The monoisotopic (exact) mass is 345 g/mol. The number of nitrogens with zero attached hydrogens (tertiary/aromatic N) is 1. The molecule has 1 aliphatic heterocycles. The lowest BCUT2D eigenvalue weighted by molar-refractivity contribution is -0.139. The predicted molar refractivity (Wildman–Crippen MR) is 94.3 cm³/mol. The number of rotatable bonds is 6. The van der Waals surface area contributed by atoms with Crippen molar-refractivity contribution >= 4 is 24.2 Å². The molecule has 3 atom stereocenters. The van der Waals surface area contributed by atoms with Gasteiger partial charge in [0.2, 0.25) is 11.8 Å². The fourth-order valence-corrected chi connectivity index (χ4v) is 3.30. The Labute approximate surface area is 146 Å². The molecule has 0 spiro atoms. The number of nitrogens with one attached hydrogen (secondary N) is 1. The van der Waals surface area contributed by atoms with Crippen molar-refractivity contribution in [3.05, 3.63) is 0 Å². The maximum Gasteiger partial charge on any atom is 0.225 e. The van der Waals surface area contributed by atoms with E-state index in [1.54, 1.807) is 0 Å². The minimum Gasteiger partial charge on any atom is -0.349 e. The van der Waals surface area contributed by atoms with Crippen LogP contribution in [0.5, 0.6) is 0 Å². The number of halogens is 1. The molecule has 1 saturated carbocycles. The highest BCUT2D eigenvalue weighted by Crippen LogP contribution is 2.39. The molecule has 3 unspecified atom stereocenters. The van der Waals surface area contributed by atoms with Crippen LogP contribution >= 0.6 is 12.4 Å². The van der Waals surface area contributed by atoms with Crippen molar-refractivity contribution in [3.8, 4) is 0 Å². The van der Waals surface area contributed by atoms with Gasteiger partial charge in [0.1, 0.15) is 0 Å². The summed E-state index contributed by atoms with van der Waals surface area (Å²) in [5.41, 5.74) is 5.60. The molecule has 134 valence electrons. The molecular formula is C17H32ClN3O2. The number of piperidine rings is 1. The van der Waals surface area contributed by atoms with Crippen LogP contribution in [0.25, 0.3) is 0 Å². The van der Waals surface area contributed by atoms with Gasteiger partial charge in [0.05, 0.1) is 11.5 Å². The molecule has 0 bridgehead atoms. The lowest BCUT2D eigenvalue weighted by Crippen LogP contribution is -2.56. The molecule has 0 aromatic rings. The summed E-state index contributed by atoms with van der Waals surface area (Å²) < 4.78 is 0. The molecule has 2 amide bonds. The first-order valence-electron chi connectivity index (χ1n) is 8.72. The average Bonchev–Trinajstić information content (AvgIpc) is 3.38. The van der Waals surface area contributed by atoms with Crippen LogP contribution in [-0.2, 0) is 9.59 Å². The molecule has 23 heavy (non-hydrogen) atoms.